The zero-order valence-electron chi connectivity index (χ0n) is 8.50. The molecule has 0 radical (unpaired) electrons. The second-order valence-electron chi connectivity index (χ2n) is 2.99. The molecule has 0 amide bonds. The first-order chi connectivity index (χ1) is 6.77. The lowest BCUT2D eigenvalue weighted by molar-refractivity contribution is -0.127. The van der Waals surface area contributed by atoms with Crippen molar-refractivity contribution in [1.82, 2.24) is 0 Å². The van der Waals surface area contributed by atoms with Crippen molar-refractivity contribution in [2.24, 2.45) is 0 Å². The van der Waals surface area contributed by atoms with Gasteiger partial charge in [-0.3, -0.25) is 0 Å². The van der Waals surface area contributed by atoms with Crippen molar-refractivity contribution in [2.75, 3.05) is 13.7 Å². The molecule has 0 bridgehead atoms. The van der Waals surface area contributed by atoms with Gasteiger partial charge in [-0.15, -0.1) is 0 Å². The number of rotatable bonds is 5. The fourth-order valence-corrected chi connectivity index (χ4v) is 1.15. The molecule has 0 N–H and O–H groups in total. The fraction of sp³-hybridized carbons (Fsp3) is 0.455. The van der Waals surface area contributed by atoms with Crippen LogP contribution in [0.25, 0.3) is 0 Å². The predicted octanol–water partition coefficient (Wildman–Crippen LogP) is 2.90. The Bertz CT molecular complexity index is 258. The largest absolute Gasteiger partial charge is 0.352 e. The zero-order valence-corrected chi connectivity index (χ0v) is 8.50. The number of methoxy groups -OCH3 is 1. The van der Waals surface area contributed by atoms with Crippen LogP contribution in [0.5, 0.6) is 0 Å². The molecule has 2 nitrogen and oxygen atoms in total. The SMILES string of the molecule is CCCOC(OC)c1ccc(F)cc1. The first-order valence-electron chi connectivity index (χ1n) is 4.67. The minimum atomic E-state index is -0.393. The third-order valence-corrected chi connectivity index (χ3v) is 1.83. The fourth-order valence-electron chi connectivity index (χ4n) is 1.15. The summed E-state index contributed by atoms with van der Waals surface area (Å²) in [6.07, 6.45) is 0.539. The smallest absolute Gasteiger partial charge is 0.183 e. The molecule has 1 atom stereocenters. The van der Waals surface area contributed by atoms with Crippen molar-refractivity contribution in [2.45, 2.75) is 19.6 Å². The van der Waals surface area contributed by atoms with Crippen LogP contribution in [0.2, 0.25) is 0 Å². The highest BCUT2D eigenvalue weighted by Gasteiger charge is 2.09. The summed E-state index contributed by atoms with van der Waals surface area (Å²) in [5.41, 5.74) is 0.836. The van der Waals surface area contributed by atoms with Gasteiger partial charge in [0.25, 0.3) is 0 Å². The van der Waals surface area contributed by atoms with Gasteiger partial charge in [-0.1, -0.05) is 19.1 Å². The Morgan fingerprint density at radius 3 is 2.43 bits per heavy atom. The van der Waals surface area contributed by atoms with Gasteiger partial charge in [0.05, 0.1) is 0 Å². The lowest BCUT2D eigenvalue weighted by Gasteiger charge is -2.15. The number of ether oxygens (including phenoxy) is 2. The van der Waals surface area contributed by atoms with Gasteiger partial charge in [0.15, 0.2) is 6.29 Å². The predicted molar refractivity (Wildman–Crippen MR) is 52.4 cm³/mol. The molecule has 0 aromatic heterocycles. The molecule has 1 unspecified atom stereocenters. The summed E-state index contributed by atoms with van der Waals surface area (Å²) in [5.74, 6) is -0.251. The van der Waals surface area contributed by atoms with Crippen LogP contribution in [-0.4, -0.2) is 13.7 Å². The van der Waals surface area contributed by atoms with Crippen molar-refractivity contribution in [3.8, 4) is 0 Å². The summed E-state index contributed by atoms with van der Waals surface area (Å²) in [5, 5.41) is 0. The Balaban J connectivity index is 2.64. The van der Waals surface area contributed by atoms with Crippen LogP contribution in [-0.2, 0) is 9.47 Å². The Labute approximate surface area is 83.6 Å². The summed E-state index contributed by atoms with van der Waals surface area (Å²) in [4.78, 5) is 0. The third-order valence-electron chi connectivity index (χ3n) is 1.83. The lowest BCUT2D eigenvalue weighted by Crippen LogP contribution is -2.07. The van der Waals surface area contributed by atoms with Gasteiger partial charge < -0.3 is 9.47 Å². The molecule has 0 aliphatic carbocycles. The van der Waals surface area contributed by atoms with Crippen LogP contribution in [0.3, 0.4) is 0 Å². The van der Waals surface area contributed by atoms with E-state index in [1.54, 1.807) is 19.2 Å². The highest BCUT2D eigenvalue weighted by Crippen LogP contribution is 2.18. The van der Waals surface area contributed by atoms with Crippen LogP contribution < -0.4 is 0 Å². The minimum Gasteiger partial charge on any atom is -0.352 e. The van der Waals surface area contributed by atoms with Gasteiger partial charge in [0.1, 0.15) is 5.82 Å². The first kappa shape index (κ1) is 11.1. The molecule has 1 aromatic rings. The van der Waals surface area contributed by atoms with Crippen molar-refractivity contribution >= 4 is 0 Å². The maximum atomic E-state index is 12.6. The van der Waals surface area contributed by atoms with E-state index in [1.165, 1.54) is 12.1 Å². The zero-order chi connectivity index (χ0) is 10.4. The maximum absolute atomic E-state index is 12.6. The van der Waals surface area contributed by atoms with Gasteiger partial charge in [-0.25, -0.2) is 4.39 Å². The van der Waals surface area contributed by atoms with E-state index in [0.29, 0.717) is 6.61 Å². The summed E-state index contributed by atoms with van der Waals surface area (Å²) < 4.78 is 23.2. The average molecular weight is 198 g/mol. The van der Waals surface area contributed by atoms with Crippen LogP contribution in [0.1, 0.15) is 25.2 Å². The van der Waals surface area contributed by atoms with E-state index in [4.69, 9.17) is 9.47 Å². The maximum Gasteiger partial charge on any atom is 0.183 e. The summed E-state index contributed by atoms with van der Waals surface area (Å²) in [7, 11) is 1.57. The molecule has 0 spiro atoms. The van der Waals surface area contributed by atoms with Crippen molar-refractivity contribution < 1.29 is 13.9 Å². The molecule has 0 aliphatic heterocycles. The quantitative estimate of drug-likeness (QED) is 0.677. The molecule has 0 fully saturated rings. The molecule has 0 aliphatic rings. The average Bonchev–Trinajstić information content (AvgIpc) is 2.21. The molecule has 1 rings (SSSR count). The molecule has 78 valence electrons. The molecule has 3 heteroatoms. The van der Waals surface area contributed by atoms with Crippen LogP contribution in [0.4, 0.5) is 4.39 Å². The number of benzene rings is 1. The highest BCUT2D eigenvalue weighted by atomic mass is 19.1. The van der Waals surface area contributed by atoms with Crippen molar-refractivity contribution in [3.63, 3.8) is 0 Å². The standard InChI is InChI=1S/C11H15FO2/c1-3-8-14-11(13-2)9-4-6-10(12)7-5-9/h4-7,11H,3,8H2,1-2H3. The van der Waals surface area contributed by atoms with Crippen LogP contribution in [0, 0.1) is 5.82 Å². The van der Waals surface area contributed by atoms with Crippen molar-refractivity contribution in [1.29, 1.82) is 0 Å². The topological polar surface area (TPSA) is 18.5 Å². The third kappa shape index (κ3) is 3.09. The number of hydrogen-bond donors (Lipinski definition) is 0. The second-order valence-corrected chi connectivity index (χ2v) is 2.99. The molecule has 0 saturated heterocycles. The van der Waals surface area contributed by atoms with Crippen LogP contribution >= 0.6 is 0 Å². The highest BCUT2D eigenvalue weighted by molar-refractivity contribution is 5.17. The van der Waals surface area contributed by atoms with Gasteiger partial charge in [0, 0.05) is 19.3 Å². The van der Waals surface area contributed by atoms with E-state index in [9.17, 15) is 4.39 Å². The number of halogens is 1. The lowest BCUT2D eigenvalue weighted by atomic mass is 10.2. The Kier molecular flexibility index (Phi) is 4.56. The second kappa shape index (κ2) is 5.73. The monoisotopic (exact) mass is 198 g/mol. The van der Waals surface area contributed by atoms with E-state index in [2.05, 4.69) is 0 Å². The molecule has 0 saturated carbocycles. The Morgan fingerprint density at radius 1 is 1.29 bits per heavy atom. The van der Waals surface area contributed by atoms with E-state index < -0.39 is 6.29 Å². The van der Waals surface area contributed by atoms with Gasteiger partial charge in [0.2, 0.25) is 0 Å². The summed E-state index contributed by atoms with van der Waals surface area (Å²) in [6, 6.07) is 6.13. The van der Waals surface area contributed by atoms with E-state index in [1.807, 2.05) is 6.92 Å². The Hall–Kier alpha value is -0.930. The first-order valence-corrected chi connectivity index (χ1v) is 4.67. The molecule has 0 heterocycles. The molecule has 14 heavy (non-hydrogen) atoms. The van der Waals surface area contributed by atoms with Crippen molar-refractivity contribution in [3.05, 3.63) is 35.6 Å². The summed E-state index contributed by atoms with van der Waals surface area (Å²) >= 11 is 0. The van der Waals surface area contributed by atoms with Gasteiger partial charge in [-0.05, 0) is 18.6 Å². The van der Waals surface area contributed by atoms with Gasteiger partial charge in [-0.2, -0.15) is 0 Å². The minimum absolute atomic E-state index is 0.251. The van der Waals surface area contributed by atoms with E-state index in [0.717, 1.165) is 12.0 Å². The Morgan fingerprint density at radius 2 is 1.93 bits per heavy atom. The molecular weight excluding hydrogens is 183 g/mol. The van der Waals surface area contributed by atoms with E-state index >= 15 is 0 Å². The van der Waals surface area contributed by atoms with Gasteiger partial charge >= 0.3 is 0 Å². The molecular formula is C11H15FO2. The van der Waals surface area contributed by atoms with E-state index in [-0.39, 0.29) is 5.82 Å². The number of hydrogen-bond acceptors (Lipinski definition) is 2. The summed E-state index contributed by atoms with van der Waals surface area (Å²) in [6.45, 7) is 2.66. The normalized spacial score (nSPS) is 12.8. The van der Waals surface area contributed by atoms with Crippen LogP contribution in [0.15, 0.2) is 24.3 Å². The molecule has 1 aromatic carbocycles.